The molecule has 2 atom stereocenters. The molecule has 1 aromatic rings. The fourth-order valence-electron chi connectivity index (χ4n) is 2.98. The van der Waals surface area contributed by atoms with Crippen LogP contribution in [0.15, 0.2) is 18.2 Å². The zero-order valence-corrected chi connectivity index (χ0v) is 13.2. The number of nitrogens with one attached hydrogen (secondary N) is 1. The van der Waals surface area contributed by atoms with Crippen molar-refractivity contribution in [2.75, 3.05) is 13.7 Å². The largest absolute Gasteiger partial charge is 0.496 e. The number of rotatable bonds is 5. The molecule has 116 valence electrons. The van der Waals surface area contributed by atoms with E-state index < -0.39 is 0 Å². The van der Waals surface area contributed by atoms with Crippen LogP contribution in [0.1, 0.15) is 31.7 Å². The van der Waals surface area contributed by atoms with Gasteiger partial charge in [-0.15, -0.1) is 0 Å². The molecule has 0 unspecified atom stereocenters. The third-order valence-electron chi connectivity index (χ3n) is 4.41. The Morgan fingerprint density at radius 2 is 2.33 bits per heavy atom. The molecule has 0 heterocycles. The van der Waals surface area contributed by atoms with Crippen molar-refractivity contribution in [2.24, 2.45) is 5.41 Å². The van der Waals surface area contributed by atoms with Crippen LogP contribution in [0.2, 0.25) is 5.02 Å². The Morgan fingerprint density at radius 3 is 3.00 bits per heavy atom. The van der Waals surface area contributed by atoms with E-state index in [2.05, 4.69) is 5.32 Å². The highest BCUT2D eigenvalue weighted by Gasteiger charge is 2.39. The fourth-order valence-corrected chi connectivity index (χ4v) is 3.21. The predicted octanol–water partition coefficient (Wildman–Crippen LogP) is 2.56. The van der Waals surface area contributed by atoms with Crippen molar-refractivity contribution in [2.45, 2.75) is 38.6 Å². The summed E-state index contributed by atoms with van der Waals surface area (Å²) in [7, 11) is 1.56. The molecule has 1 aliphatic carbocycles. The molecule has 0 bridgehead atoms. The van der Waals surface area contributed by atoms with Gasteiger partial charge in [-0.05, 0) is 25.0 Å². The molecule has 5 heteroatoms. The standard InChI is InChI=1S/C16H22ClNO3/c1-16(10-19)8-4-7-14(16)18-15(20)9-11-12(17)5-3-6-13(11)21-2/h3,5-6,14,19H,4,7-10H2,1-2H3,(H,18,20)/t14-,16-/m1/s1. The van der Waals surface area contributed by atoms with E-state index in [9.17, 15) is 9.90 Å². The summed E-state index contributed by atoms with van der Waals surface area (Å²) >= 11 is 6.15. The molecule has 21 heavy (non-hydrogen) atoms. The number of hydrogen-bond donors (Lipinski definition) is 2. The number of aliphatic hydroxyl groups is 1. The van der Waals surface area contributed by atoms with E-state index in [1.165, 1.54) is 0 Å². The topological polar surface area (TPSA) is 58.6 Å². The van der Waals surface area contributed by atoms with Crippen molar-refractivity contribution in [3.63, 3.8) is 0 Å². The number of carbonyl (C=O) groups is 1. The predicted molar refractivity (Wildman–Crippen MR) is 82.7 cm³/mol. The quantitative estimate of drug-likeness (QED) is 0.878. The molecule has 1 saturated carbocycles. The van der Waals surface area contributed by atoms with Crippen LogP contribution in [0.4, 0.5) is 0 Å². The van der Waals surface area contributed by atoms with Gasteiger partial charge in [0.1, 0.15) is 5.75 Å². The van der Waals surface area contributed by atoms with Gasteiger partial charge in [-0.25, -0.2) is 0 Å². The molecule has 1 amide bonds. The maximum absolute atomic E-state index is 12.3. The third-order valence-corrected chi connectivity index (χ3v) is 4.77. The van der Waals surface area contributed by atoms with Crippen LogP contribution in [0.25, 0.3) is 0 Å². The van der Waals surface area contributed by atoms with E-state index in [0.717, 1.165) is 19.3 Å². The highest BCUT2D eigenvalue weighted by atomic mass is 35.5. The Balaban J connectivity index is 2.06. The number of ether oxygens (including phenoxy) is 1. The summed E-state index contributed by atoms with van der Waals surface area (Å²) in [4.78, 5) is 12.3. The van der Waals surface area contributed by atoms with Crippen LogP contribution < -0.4 is 10.1 Å². The number of aliphatic hydroxyl groups excluding tert-OH is 1. The second kappa shape index (κ2) is 6.67. The summed E-state index contributed by atoms with van der Waals surface area (Å²) in [5, 5.41) is 13.1. The van der Waals surface area contributed by atoms with Gasteiger partial charge >= 0.3 is 0 Å². The zero-order chi connectivity index (χ0) is 15.5. The smallest absolute Gasteiger partial charge is 0.224 e. The summed E-state index contributed by atoms with van der Waals surface area (Å²) in [6.07, 6.45) is 3.05. The van der Waals surface area contributed by atoms with Gasteiger partial charge in [-0.1, -0.05) is 31.0 Å². The molecule has 0 saturated heterocycles. The van der Waals surface area contributed by atoms with Crippen molar-refractivity contribution >= 4 is 17.5 Å². The summed E-state index contributed by atoms with van der Waals surface area (Å²) in [6, 6.07) is 5.35. The summed E-state index contributed by atoms with van der Waals surface area (Å²) in [5.74, 6) is 0.530. The van der Waals surface area contributed by atoms with Crippen molar-refractivity contribution in [1.82, 2.24) is 5.32 Å². The Bertz CT molecular complexity index is 520. The first-order chi connectivity index (χ1) is 10.00. The number of benzene rings is 1. The Kier molecular flexibility index (Phi) is 5.12. The maximum Gasteiger partial charge on any atom is 0.224 e. The molecule has 1 aliphatic rings. The van der Waals surface area contributed by atoms with Crippen LogP contribution in [0.3, 0.4) is 0 Å². The minimum Gasteiger partial charge on any atom is -0.496 e. The number of carbonyl (C=O) groups excluding carboxylic acids is 1. The summed E-state index contributed by atoms with van der Waals surface area (Å²) in [5.41, 5.74) is 0.475. The highest BCUT2D eigenvalue weighted by molar-refractivity contribution is 6.31. The van der Waals surface area contributed by atoms with E-state index in [1.807, 2.05) is 6.92 Å². The normalized spacial score (nSPS) is 24.9. The molecule has 0 radical (unpaired) electrons. The van der Waals surface area contributed by atoms with E-state index in [1.54, 1.807) is 25.3 Å². The van der Waals surface area contributed by atoms with Gasteiger partial charge in [0.25, 0.3) is 0 Å². The molecule has 0 aromatic heterocycles. The van der Waals surface area contributed by atoms with Crippen molar-refractivity contribution in [3.8, 4) is 5.75 Å². The van der Waals surface area contributed by atoms with Gasteiger partial charge in [-0.3, -0.25) is 4.79 Å². The van der Waals surface area contributed by atoms with Crippen molar-refractivity contribution in [3.05, 3.63) is 28.8 Å². The lowest BCUT2D eigenvalue weighted by atomic mass is 9.85. The first-order valence-electron chi connectivity index (χ1n) is 7.22. The van der Waals surface area contributed by atoms with Crippen molar-refractivity contribution < 1.29 is 14.6 Å². The number of amides is 1. The molecule has 4 nitrogen and oxygen atoms in total. The zero-order valence-electron chi connectivity index (χ0n) is 12.5. The first kappa shape index (κ1) is 16.1. The molecule has 2 N–H and O–H groups in total. The minimum absolute atomic E-state index is 0.0171. The van der Waals surface area contributed by atoms with Crippen LogP contribution in [-0.4, -0.2) is 30.8 Å². The molecule has 0 spiro atoms. The Morgan fingerprint density at radius 1 is 1.57 bits per heavy atom. The number of halogens is 1. The van der Waals surface area contributed by atoms with E-state index >= 15 is 0 Å². The SMILES string of the molecule is COc1cccc(Cl)c1CC(=O)N[C@@H]1CCC[C@]1(C)CO. The lowest BCUT2D eigenvalue weighted by molar-refractivity contribution is -0.122. The Labute approximate surface area is 130 Å². The first-order valence-corrected chi connectivity index (χ1v) is 7.59. The maximum atomic E-state index is 12.3. The van der Waals surface area contributed by atoms with Gasteiger partial charge in [-0.2, -0.15) is 0 Å². The van der Waals surface area contributed by atoms with Crippen LogP contribution in [0.5, 0.6) is 5.75 Å². The highest BCUT2D eigenvalue weighted by Crippen LogP contribution is 2.37. The lowest BCUT2D eigenvalue weighted by Crippen LogP contribution is -2.45. The molecule has 1 fully saturated rings. The number of methoxy groups -OCH3 is 1. The van der Waals surface area contributed by atoms with E-state index in [-0.39, 0.29) is 30.4 Å². The minimum atomic E-state index is -0.222. The van der Waals surface area contributed by atoms with Gasteiger partial charge in [0, 0.05) is 22.0 Å². The third kappa shape index (κ3) is 3.50. The van der Waals surface area contributed by atoms with Gasteiger partial charge in [0.05, 0.1) is 20.1 Å². The van der Waals surface area contributed by atoms with Crippen LogP contribution in [0, 0.1) is 5.41 Å². The van der Waals surface area contributed by atoms with Crippen LogP contribution >= 0.6 is 11.6 Å². The van der Waals surface area contributed by atoms with E-state index in [4.69, 9.17) is 16.3 Å². The summed E-state index contributed by atoms with van der Waals surface area (Å²) in [6.45, 7) is 2.11. The average Bonchev–Trinajstić information content (AvgIpc) is 2.83. The van der Waals surface area contributed by atoms with E-state index in [0.29, 0.717) is 16.3 Å². The molecular weight excluding hydrogens is 290 g/mol. The molecule has 0 aliphatic heterocycles. The second-order valence-corrected chi connectivity index (χ2v) is 6.33. The van der Waals surface area contributed by atoms with Gasteiger partial charge in [0.2, 0.25) is 5.91 Å². The monoisotopic (exact) mass is 311 g/mol. The Hall–Kier alpha value is -1.26. The molecule has 2 rings (SSSR count). The second-order valence-electron chi connectivity index (χ2n) is 5.92. The van der Waals surface area contributed by atoms with Crippen molar-refractivity contribution in [1.29, 1.82) is 0 Å². The molecule has 1 aromatic carbocycles. The average molecular weight is 312 g/mol. The van der Waals surface area contributed by atoms with Crippen LogP contribution in [-0.2, 0) is 11.2 Å². The van der Waals surface area contributed by atoms with Gasteiger partial charge < -0.3 is 15.2 Å². The lowest BCUT2D eigenvalue weighted by Gasteiger charge is -2.30. The number of hydrogen-bond acceptors (Lipinski definition) is 3. The summed E-state index contributed by atoms with van der Waals surface area (Å²) < 4.78 is 5.25. The molecular formula is C16H22ClNO3. The van der Waals surface area contributed by atoms with Gasteiger partial charge in [0.15, 0.2) is 0 Å². The fraction of sp³-hybridized carbons (Fsp3) is 0.562.